The Bertz CT molecular complexity index is 1160. The number of morpholine rings is 1. The number of amides is 2. The van der Waals surface area contributed by atoms with E-state index in [0.29, 0.717) is 37.6 Å². The van der Waals surface area contributed by atoms with Crippen molar-refractivity contribution in [1.82, 2.24) is 19.7 Å². The largest absolute Gasteiger partial charge is 0.378 e. The first-order valence-electron chi connectivity index (χ1n) is 10.4. The summed E-state index contributed by atoms with van der Waals surface area (Å²) in [4.78, 5) is 31.4. The van der Waals surface area contributed by atoms with E-state index >= 15 is 0 Å². The molecule has 32 heavy (non-hydrogen) atoms. The number of benzene rings is 1. The van der Waals surface area contributed by atoms with Crippen molar-refractivity contribution < 1.29 is 14.3 Å². The van der Waals surface area contributed by atoms with E-state index < -0.39 is 0 Å². The van der Waals surface area contributed by atoms with Crippen molar-refractivity contribution in [2.24, 2.45) is 7.05 Å². The van der Waals surface area contributed by atoms with Gasteiger partial charge in [0.25, 0.3) is 5.91 Å². The number of pyridine rings is 1. The van der Waals surface area contributed by atoms with E-state index in [1.807, 2.05) is 32.3 Å². The van der Waals surface area contributed by atoms with E-state index in [1.165, 1.54) is 6.08 Å². The summed E-state index contributed by atoms with van der Waals surface area (Å²) in [5.74, 6) is -0.339. The first-order chi connectivity index (χ1) is 15.5. The van der Waals surface area contributed by atoms with Crippen LogP contribution in [0.1, 0.15) is 21.5 Å². The molecule has 2 aromatic heterocycles. The van der Waals surface area contributed by atoms with Crippen LogP contribution in [-0.2, 0) is 16.6 Å². The van der Waals surface area contributed by atoms with E-state index in [2.05, 4.69) is 15.4 Å². The van der Waals surface area contributed by atoms with Crippen molar-refractivity contribution in [2.45, 2.75) is 6.92 Å². The van der Waals surface area contributed by atoms with Gasteiger partial charge in [-0.2, -0.15) is 5.10 Å². The standard InChI is InChI=1S/C24H25N5O3/c1-17-3-5-20(13-22(17)24(31)29-9-11-32-12-10-29)27-23(30)6-4-18-14-25-8-7-21(18)19-15-26-28(2)16-19/h3-8,13-16H,9-12H2,1-2H3,(H,27,30). The summed E-state index contributed by atoms with van der Waals surface area (Å²) in [6.45, 7) is 4.12. The Morgan fingerprint density at radius 2 is 1.97 bits per heavy atom. The number of nitrogens with zero attached hydrogens (tertiary/aromatic N) is 4. The van der Waals surface area contributed by atoms with Crippen molar-refractivity contribution in [3.05, 3.63) is 71.8 Å². The van der Waals surface area contributed by atoms with E-state index in [-0.39, 0.29) is 11.8 Å². The van der Waals surface area contributed by atoms with Crippen LogP contribution >= 0.6 is 0 Å². The normalized spacial score (nSPS) is 14.0. The van der Waals surface area contributed by atoms with Gasteiger partial charge in [0.15, 0.2) is 0 Å². The average Bonchev–Trinajstić information content (AvgIpc) is 3.25. The van der Waals surface area contributed by atoms with Gasteiger partial charge in [-0.25, -0.2) is 0 Å². The van der Waals surface area contributed by atoms with Crippen LogP contribution in [0.3, 0.4) is 0 Å². The van der Waals surface area contributed by atoms with Crippen LogP contribution in [0.25, 0.3) is 17.2 Å². The average molecular weight is 431 g/mol. The highest BCUT2D eigenvalue weighted by molar-refractivity contribution is 6.03. The third kappa shape index (κ3) is 4.92. The van der Waals surface area contributed by atoms with Crippen molar-refractivity contribution in [3.8, 4) is 11.1 Å². The zero-order chi connectivity index (χ0) is 22.5. The summed E-state index contributed by atoms with van der Waals surface area (Å²) in [5.41, 5.74) is 4.71. The topological polar surface area (TPSA) is 89.3 Å². The molecule has 0 spiro atoms. The number of rotatable bonds is 5. The molecule has 0 atom stereocenters. The maximum absolute atomic E-state index is 12.9. The van der Waals surface area contributed by atoms with E-state index in [0.717, 1.165) is 22.3 Å². The highest BCUT2D eigenvalue weighted by Gasteiger charge is 2.20. The highest BCUT2D eigenvalue weighted by Crippen LogP contribution is 2.23. The van der Waals surface area contributed by atoms with Gasteiger partial charge in [-0.15, -0.1) is 0 Å². The second-order valence-corrected chi connectivity index (χ2v) is 7.62. The zero-order valence-corrected chi connectivity index (χ0v) is 18.1. The van der Waals surface area contributed by atoms with E-state index in [1.54, 1.807) is 46.4 Å². The number of hydrogen-bond donors (Lipinski definition) is 1. The summed E-state index contributed by atoms with van der Waals surface area (Å²) in [5, 5.41) is 7.05. The molecule has 2 amide bonds. The van der Waals surface area contributed by atoms with Crippen molar-refractivity contribution in [3.63, 3.8) is 0 Å². The summed E-state index contributed by atoms with van der Waals surface area (Å²) in [6, 6.07) is 7.25. The van der Waals surface area contributed by atoms with Crippen molar-refractivity contribution in [1.29, 1.82) is 0 Å². The van der Waals surface area contributed by atoms with Crippen LogP contribution in [0.2, 0.25) is 0 Å². The maximum Gasteiger partial charge on any atom is 0.254 e. The van der Waals surface area contributed by atoms with Crippen LogP contribution in [0.5, 0.6) is 0 Å². The lowest BCUT2D eigenvalue weighted by Gasteiger charge is -2.27. The number of aryl methyl sites for hydroxylation is 2. The summed E-state index contributed by atoms with van der Waals surface area (Å²) < 4.78 is 7.05. The fourth-order valence-electron chi connectivity index (χ4n) is 3.58. The second-order valence-electron chi connectivity index (χ2n) is 7.62. The minimum atomic E-state index is -0.292. The molecule has 1 fully saturated rings. The molecule has 1 aliphatic rings. The molecule has 0 bridgehead atoms. The van der Waals surface area contributed by atoms with Gasteiger partial charge in [0, 0.05) is 67.2 Å². The number of hydrogen-bond acceptors (Lipinski definition) is 5. The molecule has 0 unspecified atom stereocenters. The molecule has 1 aromatic carbocycles. The van der Waals surface area contributed by atoms with Crippen LogP contribution in [0.4, 0.5) is 5.69 Å². The summed E-state index contributed by atoms with van der Waals surface area (Å²) in [7, 11) is 1.85. The number of carbonyl (C=O) groups excluding carboxylic acids is 2. The number of carbonyl (C=O) groups is 2. The lowest BCUT2D eigenvalue weighted by molar-refractivity contribution is -0.111. The molecule has 164 valence electrons. The zero-order valence-electron chi connectivity index (χ0n) is 18.1. The molecule has 4 rings (SSSR count). The third-order valence-corrected chi connectivity index (χ3v) is 5.32. The smallest absolute Gasteiger partial charge is 0.254 e. The summed E-state index contributed by atoms with van der Waals surface area (Å²) >= 11 is 0. The monoisotopic (exact) mass is 431 g/mol. The molecular formula is C24H25N5O3. The molecular weight excluding hydrogens is 406 g/mol. The fourth-order valence-corrected chi connectivity index (χ4v) is 3.58. The Labute approximate surface area is 186 Å². The minimum absolute atomic E-state index is 0.0473. The number of ether oxygens (including phenoxy) is 1. The lowest BCUT2D eigenvalue weighted by Crippen LogP contribution is -2.41. The van der Waals surface area contributed by atoms with E-state index in [9.17, 15) is 9.59 Å². The van der Waals surface area contributed by atoms with E-state index in [4.69, 9.17) is 4.74 Å². The lowest BCUT2D eigenvalue weighted by atomic mass is 10.0. The number of anilines is 1. The first-order valence-corrected chi connectivity index (χ1v) is 10.4. The van der Waals surface area contributed by atoms with Gasteiger partial charge >= 0.3 is 0 Å². The molecule has 3 aromatic rings. The van der Waals surface area contributed by atoms with Gasteiger partial charge < -0.3 is 15.0 Å². The minimum Gasteiger partial charge on any atom is -0.378 e. The van der Waals surface area contributed by atoms with Gasteiger partial charge in [-0.3, -0.25) is 19.3 Å². The first kappa shape index (κ1) is 21.5. The number of aromatic nitrogens is 3. The third-order valence-electron chi connectivity index (χ3n) is 5.32. The predicted molar refractivity (Wildman–Crippen MR) is 122 cm³/mol. The molecule has 0 aliphatic carbocycles. The molecule has 3 heterocycles. The van der Waals surface area contributed by atoms with Crippen LogP contribution in [0.15, 0.2) is 55.1 Å². The molecule has 1 N–H and O–H groups in total. The Morgan fingerprint density at radius 3 is 2.72 bits per heavy atom. The highest BCUT2D eigenvalue weighted by atomic mass is 16.5. The van der Waals surface area contributed by atoms with Crippen LogP contribution in [-0.4, -0.2) is 57.8 Å². The Morgan fingerprint density at radius 1 is 1.16 bits per heavy atom. The fraction of sp³-hybridized carbons (Fsp3) is 0.250. The maximum atomic E-state index is 12.9. The molecule has 1 aliphatic heterocycles. The molecule has 0 saturated carbocycles. The van der Waals surface area contributed by atoms with Crippen LogP contribution < -0.4 is 5.32 Å². The molecule has 0 radical (unpaired) electrons. The molecule has 8 nitrogen and oxygen atoms in total. The van der Waals surface area contributed by atoms with Crippen molar-refractivity contribution >= 4 is 23.6 Å². The summed E-state index contributed by atoms with van der Waals surface area (Å²) in [6.07, 6.45) is 10.3. The SMILES string of the molecule is Cc1ccc(NC(=O)C=Cc2cnccc2-c2cnn(C)c2)cc1C(=O)N1CCOCC1. The second kappa shape index (κ2) is 9.57. The molecule has 1 saturated heterocycles. The Kier molecular flexibility index (Phi) is 6.42. The quantitative estimate of drug-likeness (QED) is 0.628. The van der Waals surface area contributed by atoms with Gasteiger partial charge in [-0.05, 0) is 42.3 Å². The van der Waals surface area contributed by atoms with Gasteiger partial charge in [0.2, 0.25) is 5.91 Å². The molecule has 8 heteroatoms. The predicted octanol–water partition coefficient (Wildman–Crippen LogP) is 2.91. The Hall–Kier alpha value is -3.78. The number of nitrogens with one attached hydrogen (secondary N) is 1. The van der Waals surface area contributed by atoms with Crippen molar-refractivity contribution in [2.75, 3.05) is 31.6 Å². The Balaban J connectivity index is 1.48. The van der Waals surface area contributed by atoms with Gasteiger partial charge in [-0.1, -0.05) is 6.07 Å². The van der Waals surface area contributed by atoms with Gasteiger partial charge in [0.1, 0.15) is 0 Å². The van der Waals surface area contributed by atoms with Crippen LogP contribution in [0, 0.1) is 6.92 Å². The van der Waals surface area contributed by atoms with Gasteiger partial charge in [0.05, 0.1) is 19.4 Å².